The summed E-state index contributed by atoms with van der Waals surface area (Å²) in [7, 11) is 0. The molecule has 5 rings (SSSR count). The molecule has 0 saturated carbocycles. The lowest BCUT2D eigenvalue weighted by Gasteiger charge is -2.09. The lowest BCUT2D eigenvalue weighted by atomic mass is 10.2. The molecule has 0 atom stereocenters. The Balaban J connectivity index is 1.72. The number of nitrogens with zero attached hydrogens (tertiary/aromatic N) is 2. The lowest BCUT2D eigenvalue weighted by Crippen LogP contribution is -2.13. The number of fused-ring (bicyclic) bond motifs is 5. The smallest absolute Gasteiger partial charge is 0.215 e. The number of thiazole rings is 1. The maximum Gasteiger partial charge on any atom is 0.215 e. The van der Waals surface area contributed by atoms with Crippen LogP contribution in [-0.4, -0.2) is 9.38 Å². The molecule has 5 nitrogen and oxygen atoms in total. The Labute approximate surface area is 158 Å². The molecular formula is C21H16N4OS. The van der Waals surface area contributed by atoms with Gasteiger partial charge in [0.15, 0.2) is 5.65 Å². The first kappa shape index (κ1) is 15.8. The molecule has 3 heterocycles. The Morgan fingerprint density at radius 1 is 1.00 bits per heavy atom. The molecule has 0 aliphatic carbocycles. The highest BCUT2D eigenvalue weighted by Crippen LogP contribution is 2.31. The molecule has 3 N–H and O–H groups in total. The number of hydrogen-bond acceptors (Lipinski definition) is 5. The van der Waals surface area contributed by atoms with Crippen molar-refractivity contribution < 1.29 is 0 Å². The summed E-state index contributed by atoms with van der Waals surface area (Å²) in [6.45, 7) is 0.663. The van der Waals surface area contributed by atoms with Crippen LogP contribution in [0.3, 0.4) is 0 Å². The number of nitrogen functional groups attached to an aromatic ring is 1. The van der Waals surface area contributed by atoms with E-state index in [0.29, 0.717) is 17.6 Å². The molecule has 2 aromatic carbocycles. The van der Waals surface area contributed by atoms with Gasteiger partial charge in [-0.3, -0.25) is 9.20 Å². The Morgan fingerprint density at radius 2 is 1.78 bits per heavy atom. The van der Waals surface area contributed by atoms with Crippen molar-refractivity contribution >= 4 is 48.9 Å². The standard InChI is InChI=1S/C21H16N4OS/c22-18-19(26)14-10-11-17(23-12-13-6-2-1-3-7-13)24-20(14)25-15-8-4-5-9-16(15)27-21(18)25/h1-11H,12,22H2,(H,23,24). The van der Waals surface area contributed by atoms with E-state index in [1.165, 1.54) is 16.9 Å². The van der Waals surface area contributed by atoms with Crippen molar-refractivity contribution in [3.8, 4) is 0 Å². The van der Waals surface area contributed by atoms with Crippen LogP contribution in [0, 0.1) is 0 Å². The topological polar surface area (TPSA) is 72.4 Å². The van der Waals surface area contributed by atoms with Crippen LogP contribution in [-0.2, 0) is 6.54 Å². The molecule has 6 heteroatoms. The fraction of sp³-hybridized carbons (Fsp3) is 0.0476. The first-order valence-corrected chi connectivity index (χ1v) is 9.44. The second-order valence-electron chi connectivity index (χ2n) is 6.36. The van der Waals surface area contributed by atoms with Gasteiger partial charge in [0.25, 0.3) is 0 Å². The summed E-state index contributed by atoms with van der Waals surface area (Å²) in [5, 5.41) is 3.86. The second kappa shape index (κ2) is 6.10. The third-order valence-corrected chi connectivity index (χ3v) is 5.80. The first-order valence-electron chi connectivity index (χ1n) is 8.62. The molecule has 0 radical (unpaired) electrons. The monoisotopic (exact) mass is 372 g/mol. The number of para-hydroxylation sites is 1. The zero-order valence-electron chi connectivity index (χ0n) is 14.3. The number of anilines is 2. The second-order valence-corrected chi connectivity index (χ2v) is 7.39. The number of rotatable bonds is 3. The predicted molar refractivity (Wildman–Crippen MR) is 113 cm³/mol. The van der Waals surface area contributed by atoms with Crippen molar-refractivity contribution in [1.29, 1.82) is 0 Å². The maximum absolute atomic E-state index is 12.7. The highest BCUT2D eigenvalue weighted by molar-refractivity contribution is 7.24. The van der Waals surface area contributed by atoms with Crippen molar-refractivity contribution in [3.05, 3.63) is 82.5 Å². The summed E-state index contributed by atoms with van der Waals surface area (Å²) in [4.78, 5) is 18.2. The van der Waals surface area contributed by atoms with Crippen molar-refractivity contribution in [2.75, 3.05) is 11.1 Å². The zero-order valence-corrected chi connectivity index (χ0v) is 15.2. The minimum Gasteiger partial charge on any atom is -0.393 e. The van der Waals surface area contributed by atoms with Gasteiger partial charge in [0, 0.05) is 6.54 Å². The highest BCUT2D eigenvalue weighted by atomic mass is 32.1. The van der Waals surface area contributed by atoms with Crippen LogP contribution in [0.4, 0.5) is 11.5 Å². The molecule has 0 amide bonds. The molecule has 27 heavy (non-hydrogen) atoms. The van der Waals surface area contributed by atoms with Crippen LogP contribution in [0.25, 0.3) is 26.1 Å². The summed E-state index contributed by atoms with van der Waals surface area (Å²) in [6, 6.07) is 21.8. The van der Waals surface area contributed by atoms with E-state index >= 15 is 0 Å². The minimum absolute atomic E-state index is 0.168. The largest absolute Gasteiger partial charge is 0.393 e. The van der Waals surface area contributed by atoms with E-state index in [0.717, 1.165) is 20.9 Å². The fourth-order valence-electron chi connectivity index (χ4n) is 3.30. The van der Waals surface area contributed by atoms with Gasteiger partial charge >= 0.3 is 0 Å². The maximum atomic E-state index is 12.7. The van der Waals surface area contributed by atoms with E-state index in [1.54, 1.807) is 6.07 Å². The van der Waals surface area contributed by atoms with Crippen LogP contribution in [0.2, 0.25) is 0 Å². The van der Waals surface area contributed by atoms with E-state index in [2.05, 4.69) is 17.4 Å². The van der Waals surface area contributed by atoms with E-state index in [4.69, 9.17) is 10.7 Å². The van der Waals surface area contributed by atoms with Crippen LogP contribution < -0.4 is 16.5 Å². The fourth-order valence-corrected chi connectivity index (χ4v) is 4.40. The third kappa shape index (κ3) is 2.53. The molecule has 0 unspecified atom stereocenters. The molecule has 0 fully saturated rings. The Hall–Kier alpha value is -3.38. The van der Waals surface area contributed by atoms with Gasteiger partial charge in [0.1, 0.15) is 16.3 Å². The van der Waals surface area contributed by atoms with Gasteiger partial charge in [-0.1, -0.05) is 42.5 Å². The van der Waals surface area contributed by atoms with Crippen LogP contribution in [0.15, 0.2) is 71.5 Å². The summed E-state index contributed by atoms with van der Waals surface area (Å²) in [6.07, 6.45) is 0. The van der Waals surface area contributed by atoms with Crippen LogP contribution in [0.1, 0.15) is 5.56 Å². The molecule has 132 valence electrons. The number of pyridine rings is 2. The van der Waals surface area contributed by atoms with Crippen molar-refractivity contribution in [3.63, 3.8) is 0 Å². The Morgan fingerprint density at radius 3 is 2.63 bits per heavy atom. The lowest BCUT2D eigenvalue weighted by molar-refractivity contribution is 1.11. The van der Waals surface area contributed by atoms with Crippen molar-refractivity contribution in [1.82, 2.24) is 9.38 Å². The van der Waals surface area contributed by atoms with Gasteiger partial charge in [0.2, 0.25) is 5.43 Å². The van der Waals surface area contributed by atoms with Crippen LogP contribution in [0.5, 0.6) is 0 Å². The van der Waals surface area contributed by atoms with Gasteiger partial charge < -0.3 is 11.1 Å². The highest BCUT2D eigenvalue weighted by Gasteiger charge is 2.15. The first-order chi connectivity index (χ1) is 13.2. The summed E-state index contributed by atoms with van der Waals surface area (Å²) in [5.74, 6) is 0.722. The molecule has 3 aromatic heterocycles. The number of aromatic nitrogens is 2. The SMILES string of the molecule is Nc1c(=O)c2ccc(NCc3ccccc3)nc2n2c1sc1ccccc12. The van der Waals surface area contributed by atoms with Gasteiger partial charge in [0.05, 0.1) is 15.6 Å². The Bertz CT molecular complexity index is 1360. The number of benzene rings is 2. The van der Waals surface area contributed by atoms with Gasteiger partial charge in [-0.15, -0.1) is 11.3 Å². The van der Waals surface area contributed by atoms with E-state index < -0.39 is 0 Å². The molecule has 0 saturated heterocycles. The number of hydrogen-bond donors (Lipinski definition) is 2. The van der Waals surface area contributed by atoms with Crippen LogP contribution >= 0.6 is 11.3 Å². The molecule has 0 spiro atoms. The van der Waals surface area contributed by atoms with Crippen molar-refractivity contribution in [2.45, 2.75) is 6.54 Å². The molecule has 0 aliphatic heterocycles. The van der Waals surface area contributed by atoms with E-state index in [9.17, 15) is 4.79 Å². The molecular weight excluding hydrogens is 356 g/mol. The third-order valence-electron chi connectivity index (χ3n) is 4.64. The predicted octanol–water partition coefficient (Wildman–Crippen LogP) is 4.26. The summed E-state index contributed by atoms with van der Waals surface area (Å²) < 4.78 is 3.06. The zero-order chi connectivity index (χ0) is 18.4. The summed E-state index contributed by atoms with van der Waals surface area (Å²) >= 11 is 1.51. The van der Waals surface area contributed by atoms with E-state index in [-0.39, 0.29) is 11.1 Å². The number of nitrogens with one attached hydrogen (secondary N) is 1. The van der Waals surface area contributed by atoms with Crippen molar-refractivity contribution in [2.24, 2.45) is 0 Å². The quantitative estimate of drug-likeness (QED) is 0.496. The molecule has 5 aromatic rings. The van der Waals surface area contributed by atoms with Gasteiger partial charge in [-0.25, -0.2) is 4.98 Å². The minimum atomic E-state index is -0.168. The average molecular weight is 372 g/mol. The van der Waals surface area contributed by atoms with E-state index in [1.807, 2.05) is 52.9 Å². The normalized spacial score (nSPS) is 11.4. The van der Waals surface area contributed by atoms with Gasteiger partial charge in [-0.2, -0.15) is 0 Å². The number of nitrogens with two attached hydrogens (primary N) is 1. The molecule has 0 bridgehead atoms. The van der Waals surface area contributed by atoms with Gasteiger partial charge in [-0.05, 0) is 29.8 Å². The Kier molecular flexibility index (Phi) is 3.58. The molecule has 0 aliphatic rings. The summed E-state index contributed by atoms with van der Waals surface area (Å²) in [5.41, 5.74) is 9.05. The average Bonchev–Trinajstić information content (AvgIpc) is 3.11.